The summed E-state index contributed by atoms with van der Waals surface area (Å²) in [5.74, 6) is 0.958. The number of anilines is 1. The van der Waals surface area contributed by atoms with Gasteiger partial charge in [0.25, 0.3) is 5.91 Å². The standard InChI is InChI=1S/C26H24FN3O6S/c1-32-19-8-6-7-17(23(19)35-4)25(31)30(26-29-18-10-9-16(27)13-22(18)37-26)28-14-15-11-20(33-2)24(36-5)21(12-15)34-3/h6-14H,1-5H3/b28-14+. The Labute approximate surface area is 216 Å². The van der Waals surface area contributed by atoms with Crippen molar-refractivity contribution in [2.24, 2.45) is 5.10 Å². The fourth-order valence-corrected chi connectivity index (χ4v) is 4.58. The number of hydrazone groups is 1. The summed E-state index contributed by atoms with van der Waals surface area (Å²) in [4.78, 5) is 18.3. The Balaban J connectivity index is 1.84. The van der Waals surface area contributed by atoms with Crippen molar-refractivity contribution in [3.8, 4) is 28.7 Å². The van der Waals surface area contributed by atoms with Gasteiger partial charge in [-0.2, -0.15) is 10.1 Å². The first kappa shape index (κ1) is 25.7. The normalized spacial score (nSPS) is 11.0. The number of halogens is 1. The molecule has 3 aromatic carbocycles. The maximum Gasteiger partial charge on any atom is 0.284 e. The first-order valence-electron chi connectivity index (χ1n) is 10.9. The van der Waals surface area contributed by atoms with Crippen molar-refractivity contribution in [2.45, 2.75) is 0 Å². The molecule has 0 radical (unpaired) electrons. The average Bonchev–Trinajstić information content (AvgIpc) is 3.34. The van der Waals surface area contributed by atoms with Crippen LogP contribution in [0.1, 0.15) is 15.9 Å². The van der Waals surface area contributed by atoms with Crippen molar-refractivity contribution in [1.82, 2.24) is 4.98 Å². The molecule has 0 fully saturated rings. The third-order valence-corrected chi connectivity index (χ3v) is 6.35. The molecule has 0 atom stereocenters. The van der Waals surface area contributed by atoms with Crippen molar-refractivity contribution < 1.29 is 32.9 Å². The van der Waals surface area contributed by atoms with E-state index in [1.54, 1.807) is 36.4 Å². The van der Waals surface area contributed by atoms with Crippen LogP contribution in [0.3, 0.4) is 0 Å². The molecular formula is C26H24FN3O6S. The first-order valence-corrected chi connectivity index (χ1v) is 11.7. The Hall–Kier alpha value is -4.38. The summed E-state index contributed by atoms with van der Waals surface area (Å²) >= 11 is 1.12. The van der Waals surface area contributed by atoms with Crippen LogP contribution in [0.2, 0.25) is 0 Å². The Kier molecular flexibility index (Phi) is 7.73. The van der Waals surface area contributed by atoms with E-state index < -0.39 is 11.7 Å². The Morgan fingerprint density at radius 1 is 0.892 bits per heavy atom. The van der Waals surface area contributed by atoms with Crippen molar-refractivity contribution in [1.29, 1.82) is 0 Å². The zero-order valence-corrected chi connectivity index (χ0v) is 21.6. The number of thiazole rings is 1. The zero-order chi connectivity index (χ0) is 26.5. The molecule has 11 heteroatoms. The molecule has 0 bridgehead atoms. The molecule has 0 unspecified atom stereocenters. The number of aromatic nitrogens is 1. The molecule has 0 saturated carbocycles. The molecule has 37 heavy (non-hydrogen) atoms. The van der Waals surface area contributed by atoms with Gasteiger partial charge in [0.05, 0.1) is 57.5 Å². The minimum Gasteiger partial charge on any atom is -0.493 e. The van der Waals surface area contributed by atoms with Crippen LogP contribution in [0.4, 0.5) is 9.52 Å². The second-order valence-electron chi connectivity index (χ2n) is 7.47. The molecule has 1 amide bonds. The van der Waals surface area contributed by atoms with Gasteiger partial charge in [0, 0.05) is 5.56 Å². The summed E-state index contributed by atoms with van der Waals surface area (Å²) in [5, 5.41) is 5.82. The quantitative estimate of drug-likeness (QED) is 0.220. The second-order valence-corrected chi connectivity index (χ2v) is 8.48. The van der Waals surface area contributed by atoms with Crippen LogP contribution in [0, 0.1) is 5.82 Å². The molecule has 0 spiro atoms. The molecule has 0 N–H and O–H groups in total. The van der Waals surface area contributed by atoms with Gasteiger partial charge in [-0.15, -0.1) is 0 Å². The van der Waals surface area contributed by atoms with Crippen molar-refractivity contribution in [3.05, 3.63) is 65.5 Å². The highest BCUT2D eigenvalue weighted by Gasteiger charge is 2.26. The largest absolute Gasteiger partial charge is 0.493 e. The van der Waals surface area contributed by atoms with E-state index in [1.165, 1.54) is 53.9 Å². The maximum atomic E-state index is 13.8. The van der Waals surface area contributed by atoms with Crippen LogP contribution in [-0.2, 0) is 0 Å². The number of hydrogen-bond acceptors (Lipinski definition) is 9. The first-order chi connectivity index (χ1) is 17.9. The molecule has 0 aliphatic heterocycles. The molecule has 0 aliphatic carbocycles. The van der Waals surface area contributed by atoms with Gasteiger partial charge in [-0.1, -0.05) is 17.4 Å². The van der Waals surface area contributed by atoms with E-state index in [2.05, 4.69) is 10.1 Å². The minimum atomic E-state index is -0.529. The van der Waals surface area contributed by atoms with Crippen LogP contribution >= 0.6 is 11.3 Å². The van der Waals surface area contributed by atoms with E-state index in [4.69, 9.17) is 23.7 Å². The van der Waals surface area contributed by atoms with Crippen LogP contribution < -0.4 is 28.7 Å². The van der Waals surface area contributed by atoms with Crippen molar-refractivity contribution in [3.63, 3.8) is 0 Å². The molecular weight excluding hydrogens is 501 g/mol. The van der Waals surface area contributed by atoms with E-state index in [9.17, 15) is 9.18 Å². The summed E-state index contributed by atoms with van der Waals surface area (Å²) in [7, 11) is 7.44. The number of ether oxygens (including phenoxy) is 5. The monoisotopic (exact) mass is 525 g/mol. The molecule has 0 aliphatic rings. The van der Waals surface area contributed by atoms with Gasteiger partial charge in [0.2, 0.25) is 10.9 Å². The van der Waals surface area contributed by atoms with E-state index >= 15 is 0 Å². The molecule has 4 aromatic rings. The number of nitrogens with zero attached hydrogens (tertiary/aromatic N) is 3. The van der Waals surface area contributed by atoms with Gasteiger partial charge in [-0.3, -0.25) is 4.79 Å². The fourth-order valence-electron chi connectivity index (χ4n) is 3.64. The number of rotatable bonds is 9. The number of fused-ring (bicyclic) bond motifs is 1. The van der Waals surface area contributed by atoms with Gasteiger partial charge < -0.3 is 23.7 Å². The number of amides is 1. The highest BCUT2D eigenvalue weighted by atomic mass is 32.1. The summed E-state index contributed by atoms with van der Waals surface area (Å²) in [6.07, 6.45) is 1.46. The molecule has 1 heterocycles. The lowest BCUT2D eigenvalue weighted by Gasteiger charge is -2.17. The smallest absolute Gasteiger partial charge is 0.284 e. The highest BCUT2D eigenvalue weighted by molar-refractivity contribution is 7.22. The summed E-state index contributed by atoms with van der Waals surface area (Å²) in [6.45, 7) is 0. The molecule has 192 valence electrons. The van der Waals surface area contributed by atoms with E-state index in [-0.39, 0.29) is 16.4 Å². The third-order valence-electron chi connectivity index (χ3n) is 5.36. The number of methoxy groups -OCH3 is 5. The minimum absolute atomic E-state index is 0.203. The topological polar surface area (TPSA) is 91.7 Å². The third kappa shape index (κ3) is 5.12. The van der Waals surface area contributed by atoms with Gasteiger partial charge in [-0.05, 0) is 42.5 Å². The number of carbonyl (C=O) groups excluding carboxylic acids is 1. The molecule has 9 nitrogen and oxygen atoms in total. The molecule has 0 saturated heterocycles. The van der Waals surface area contributed by atoms with Crippen molar-refractivity contribution >= 4 is 38.8 Å². The average molecular weight is 526 g/mol. The lowest BCUT2D eigenvalue weighted by Crippen LogP contribution is -2.26. The highest BCUT2D eigenvalue weighted by Crippen LogP contribution is 2.38. The fraction of sp³-hybridized carbons (Fsp3) is 0.192. The maximum absolute atomic E-state index is 13.8. The zero-order valence-electron chi connectivity index (χ0n) is 20.8. The molecule has 1 aromatic heterocycles. The lowest BCUT2D eigenvalue weighted by atomic mass is 10.1. The van der Waals surface area contributed by atoms with Crippen LogP contribution in [0.5, 0.6) is 28.7 Å². The summed E-state index contributed by atoms with van der Waals surface area (Å²) < 4.78 is 41.4. The van der Waals surface area contributed by atoms with Crippen LogP contribution in [0.25, 0.3) is 10.2 Å². The second kappa shape index (κ2) is 11.1. The van der Waals surface area contributed by atoms with E-state index in [0.717, 1.165) is 16.3 Å². The van der Waals surface area contributed by atoms with Gasteiger partial charge in [-0.25, -0.2) is 9.37 Å². The van der Waals surface area contributed by atoms with Crippen LogP contribution in [-0.4, -0.2) is 52.7 Å². The Bertz CT molecular complexity index is 1450. The predicted octanol–water partition coefficient (Wildman–Crippen LogP) is 5.16. The van der Waals surface area contributed by atoms with Gasteiger partial charge in [0.15, 0.2) is 23.0 Å². The predicted molar refractivity (Wildman–Crippen MR) is 140 cm³/mol. The van der Waals surface area contributed by atoms with Gasteiger partial charge in [0.1, 0.15) is 5.82 Å². The van der Waals surface area contributed by atoms with E-state index in [1.807, 2.05) is 0 Å². The SMILES string of the molecule is COc1cc(/C=N/N(C(=O)c2cccc(OC)c2OC)c2nc3ccc(F)cc3s2)cc(OC)c1OC. The summed E-state index contributed by atoms with van der Waals surface area (Å²) in [5.41, 5.74) is 1.30. The van der Waals surface area contributed by atoms with Crippen molar-refractivity contribution in [2.75, 3.05) is 40.6 Å². The number of carbonyl (C=O) groups is 1. The Morgan fingerprint density at radius 2 is 1.57 bits per heavy atom. The van der Waals surface area contributed by atoms with E-state index in [0.29, 0.717) is 38.8 Å². The molecule has 4 rings (SSSR count). The summed E-state index contributed by atoms with van der Waals surface area (Å²) in [6, 6.07) is 12.5. The number of benzene rings is 3. The van der Waals surface area contributed by atoms with Gasteiger partial charge >= 0.3 is 0 Å². The lowest BCUT2D eigenvalue weighted by molar-refractivity contribution is 0.0984. The number of hydrogen-bond donors (Lipinski definition) is 0. The Morgan fingerprint density at radius 3 is 2.19 bits per heavy atom. The van der Waals surface area contributed by atoms with Crippen LogP contribution in [0.15, 0.2) is 53.6 Å². The number of para-hydroxylation sites is 1.